The Kier molecular flexibility index (Phi) is 6.70. The molecule has 3 nitrogen and oxygen atoms in total. The van der Waals surface area contributed by atoms with E-state index in [1.807, 2.05) is 0 Å². The minimum Gasteiger partial charge on any atom is -0.314 e. The van der Waals surface area contributed by atoms with Crippen molar-refractivity contribution >= 4 is 0 Å². The van der Waals surface area contributed by atoms with Crippen molar-refractivity contribution in [2.75, 3.05) is 19.6 Å². The molecule has 2 aliphatic rings. The molecule has 0 bridgehead atoms. The van der Waals surface area contributed by atoms with Gasteiger partial charge in [-0.25, -0.2) is 0 Å². The average molecular weight is 330 g/mol. The quantitative estimate of drug-likeness (QED) is 0.764. The van der Waals surface area contributed by atoms with Crippen LogP contribution in [0.1, 0.15) is 57.1 Å². The van der Waals surface area contributed by atoms with Gasteiger partial charge in [-0.15, -0.1) is 0 Å². The summed E-state index contributed by atoms with van der Waals surface area (Å²) in [5.41, 5.74) is 2.85. The Morgan fingerprint density at radius 1 is 1.00 bits per heavy atom. The minimum atomic E-state index is 0.705. The highest BCUT2D eigenvalue weighted by atomic mass is 15.1. The van der Waals surface area contributed by atoms with Crippen molar-refractivity contribution in [1.82, 2.24) is 15.5 Å². The van der Waals surface area contributed by atoms with Gasteiger partial charge in [0.25, 0.3) is 0 Å². The molecule has 3 atom stereocenters. The van der Waals surface area contributed by atoms with Crippen LogP contribution in [0.15, 0.2) is 24.3 Å². The molecule has 0 amide bonds. The zero-order chi connectivity index (χ0) is 16.8. The monoisotopic (exact) mass is 329 g/mol. The van der Waals surface area contributed by atoms with Gasteiger partial charge in [0.2, 0.25) is 0 Å². The summed E-state index contributed by atoms with van der Waals surface area (Å²) in [4.78, 5) is 2.46. The molecule has 1 heterocycles. The van der Waals surface area contributed by atoms with Gasteiger partial charge in [0.1, 0.15) is 0 Å². The fraction of sp³-hybridized carbons (Fsp3) is 0.714. The lowest BCUT2D eigenvalue weighted by molar-refractivity contribution is 0.296. The van der Waals surface area contributed by atoms with E-state index in [1.165, 1.54) is 49.8 Å². The zero-order valence-corrected chi connectivity index (χ0v) is 15.6. The van der Waals surface area contributed by atoms with E-state index in [9.17, 15) is 0 Å². The van der Waals surface area contributed by atoms with E-state index in [4.69, 9.17) is 0 Å². The van der Waals surface area contributed by atoms with Crippen molar-refractivity contribution in [3.8, 4) is 0 Å². The SMILES string of the molecule is CCN(CC)Cc1ccc(CNC2CCCC2C2CCCN2)cc1. The molecule has 0 aromatic heterocycles. The molecule has 3 rings (SSSR count). The van der Waals surface area contributed by atoms with Gasteiger partial charge in [-0.1, -0.05) is 44.5 Å². The Morgan fingerprint density at radius 3 is 2.42 bits per heavy atom. The average Bonchev–Trinajstić information content (AvgIpc) is 3.29. The third kappa shape index (κ3) is 4.59. The molecule has 1 aliphatic heterocycles. The van der Waals surface area contributed by atoms with Crippen LogP contribution in [-0.4, -0.2) is 36.6 Å². The van der Waals surface area contributed by atoms with Crippen LogP contribution in [0.5, 0.6) is 0 Å². The van der Waals surface area contributed by atoms with Crippen LogP contribution in [0.25, 0.3) is 0 Å². The van der Waals surface area contributed by atoms with Crippen molar-refractivity contribution in [1.29, 1.82) is 0 Å². The van der Waals surface area contributed by atoms with Crippen LogP contribution in [0.2, 0.25) is 0 Å². The predicted octanol–water partition coefficient (Wildman–Crippen LogP) is 3.54. The molecule has 134 valence electrons. The third-order valence-electron chi connectivity index (χ3n) is 6.08. The number of rotatable bonds is 8. The number of benzene rings is 1. The summed E-state index contributed by atoms with van der Waals surface area (Å²) in [5, 5.41) is 7.58. The van der Waals surface area contributed by atoms with E-state index >= 15 is 0 Å². The Morgan fingerprint density at radius 2 is 1.75 bits per heavy atom. The Hall–Kier alpha value is -0.900. The molecule has 2 fully saturated rings. The molecular weight excluding hydrogens is 294 g/mol. The van der Waals surface area contributed by atoms with Gasteiger partial charge < -0.3 is 10.6 Å². The zero-order valence-electron chi connectivity index (χ0n) is 15.6. The van der Waals surface area contributed by atoms with Gasteiger partial charge in [0.05, 0.1) is 0 Å². The molecule has 1 aromatic carbocycles. The number of hydrogen-bond acceptors (Lipinski definition) is 3. The number of nitrogens with one attached hydrogen (secondary N) is 2. The summed E-state index contributed by atoms with van der Waals surface area (Å²) in [5.74, 6) is 0.842. The second kappa shape index (κ2) is 8.98. The van der Waals surface area contributed by atoms with Crippen LogP contribution in [0.4, 0.5) is 0 Å². The lowest BCUT2D eigenvalue weighted by Gasteiger charge is -2.26. The maximum absolute atomic E-state index is 3.86. The van der Waals surface area contributed by atoms with Crippen molar-refractivity contribution in [2.45, 2.75) is 71.1 Å². The van der Waals surface area contributed by atoms with Crippen LogP contribution < -0.4 is 10.6 Å². The lowest BCUT2D eigenvalue weighted by Crippen LogP contribution is -2.41. The lowest BCUT2D eigenvalue weighted by atomic mass is 9.93. The third-order valence-corrected chi connectivity index (χ3v) is 6.08. The second-order valence-electron chi connectivity index (χ2n) is 7.56. The number of hydrogen-bond donors (Lipinski definition) is 2. The van der Waals surface area contributed by atoms with E-state index in [0.29, 0.717) is 6.04 Å². The highest BCUT2D eigenvalue weighted by Gasteiger charge is 2.34. The summed E-state index contributed by atoms with van der Waals surface area (Å²) in [6.45, 7) is 10.0. The Labute approximate surface area is 148 Å². The van der Waals surface area contributed by atoms with Crippen molar-refractivity contribution in [2.24, 2.45) is 5.92 Å². The summed E-state index contributed by atoms with van der Waals surface area (Å²) in [7, 11) is 0. The van der Waals surface area contributed by atoms with E-state index in [1.54, 1.807) is 0 Å². The first-order valence-electron chi connectivity index (χ1n) is 10.1. The van der Waals surface area contributed by atoms with E-state index < -0.39 is 0 Å². The first kappa shape index (κ1) is 17.9. The van der Waals surface area contributed by atoms with Crippen LogP contribution in [0, 0.1) is 5.92 Å². The maximum atomic E-state index is 3.86. The van der Waals surface area contributed by atoms with E-state index in [-0.39, 0.29) is 0 Å². The summed E-state index contributed by atoms with van der Waals surface area (Å²) >= 11 is 0. The molecule has 1 saturated heterocycles. The van der Waals surface area contributed by atoms with Gasteiger partial charge >= 0.3 is 0 Å². The normalized spacial score (nSPS) is 27.2. The van der Waals surface area contributed by atoms with Gasteiger partial charge in [0.15, 0.2) is 0 Å². The standard InChI is InChI=1S/C21H35N3/c1-3-24(4-2)16-18-12-10-17(11-13-18)15-23-21-8-5-7-19(21)20-9-6-14-22-20/h10-13,19-23H,3-9,14-16H2,1-2H3. The minimum absolute atomic E-state index is 0.705. The Bertz CT molecular complexity index is 474. The van der Waals surface area contributed by atoms with Crippen molar-refractivity contribution < 1.29 is 0 Å². The van der Waals surface area contributed by atoms with Crippen LogP contribution in [-0.2, 0) is 13.1 Å². The van der Waals surface area contributed by atoms with E-state index in [0.717, 1.165) is 38.1 Å². The molecular formula is C21H35N3. The second-order valence-corrected chi connectivity index (χ2v) is 7.56. The molecule has 24 heavy (non-hydrogen) atoms. The molecule has 1 aliphatic carbocycles. The molecule has 0 radical (unpaired) electrons. The fourth-order valence-electron chi connectivity index (χ4n) is 4.52. The summed E-state index contributed by atoms with van der Waals surface area (Å²) < 4.78 is 0. The first-order valence-corrected chi connectivity index (χ1v) is 10.1. The first-order chi connectivity index (χ1) is 11.8. The van der Waals surface area contributed by atoms with Crippen LogP contribution >= 0.6 is 0 Å². The Balaban J connectivity index is 1.49. The maximum Gasteiger partial charge on any atom is 0.0233 e. The molecule has 3 heteroatoms. The predicted molar refractivity (Wildman–Crippen MR) is 102 cm³/mol. The highest BCUT2D eigenvalue weighted by Crippen LogP contribution is 2.32. The molecule has 2 N–H and O–H groups in total. The van der Waals surface area contributed by atoms with Crippen LogP contribution in [0.3, 0.4) is 0 Å². The van der Waals surface area contributed by atoms with E-state index in [2.05, 4.69) is 53.6 Å². The van der Waals surface area contributed by atoms with Gasteiger partial charge in [-0.05, 0) is 62.4 Å². The molecule has 0 spiro atoms. The molecule has 1 saturated carbocycles. The molecule has 3 unspecified atom stereocenters. The number of nitrogens with zero attached hydrogens (tertiary/aromatic N) is 1. The molecule has 1 aromatic rings. The van der Waals surface area contributed by atoms with Crippen molar-refractivity contribution in [3.63, 3.8) is 0 Å². The summed E-state index contributed by atoms with van der Waals surface area (Å²) in [6, 6.07) is 10.7. The topological polar surface area (TPSA) is 27.3 Å². The fourth-order valence-corrected chi connectivity index (χ4v) is 4.52. The van der Waals surface area contributed by atoms with Crippen molar-refractivity contribution in [3.05, 3.63) is 35.4 Å². The van der Waals surface area contributed by atoms with Gasteiger partial charge in [-0.2, -0.15) is 0 Å². The highest BCUT2D eigenvalue weighted by molar-refractivity contribution is 5.22. The van der Waals surface area contributed by atoms with Gasteiger partial charge in [0, 0.05) is 25.2 Å². The van der Waals surface area contributed by atoms with Gasteiger partial charge in [-0.3, -0.25) is 4.90 Å². The summed E-state index contributed by atoms with van der Waals surface area (Å²) in [6.07, 6.45) is 6.88. The largest absolute Gasteiger partial charge is 0.314 e. The smallest absolute Gasteiger partial charge is 0.0233 e.